The van der Waals surface area contributed by atoms with Crippen molar-refractivity contribution in [2.45, 2.75) is 17.9 Å². The molecule has 0 aliphatic carbocycles. The summed E-state index contributed by atoms with van der Waals surface area (Å²) in [6, 6.07) is 10.6. The Bertz CT molecular complexity index is 1700. The Morgan fingerprint density at radius 1 is 1.10 bits per heavy atom. The Morgan fingerprint density at radius 3 is 2.60 bits per heavy atom. The standard InChI is InChI=1S/C27H32N8O4S/c1-28-26(36)18-14-29-24-23(18)25(30-19-8-6-7-9-22(19)40(37,38)34(2)3)33-27(32-24)31-20-12-17-15-35(4)11-10-16(17)13-21(20)39-5/h6-9,12-14H,10-11,15H2,1-5H3,(H,28,36)(H3,29,30,31,32,33). The van der Waals surface area contributed by atoms with Crippen LogP contribution in [0.2, 0.25) is 0 Å². The molecule has 1 aliphatic rings. The van der Waals surface area contributed by atoms with Gasteiger partial charge in [-0.05, 0) is 48.9 Å². The van der Waals surface area contributed by atoms with Crippen molar-refractivity contribution in [2.24, 2.45) is 0 Å². The second kappa shape index (κ2) is 10.8. The summed E-state index contributed by atoms with van der Waals surface area (Å²) >= 11 is 0. The number of amides is 1. The Hall–Kier alpha value is -4.20. The predicted octanol–water partition coefficient (Wildman–Crippen LogP) is 3.05. The summed E-state index contributed by atoms with van der Waals surface area (Å²) in [5.41, 5.74) is 4.12. The zero-order chi connectivity index (χ0) is 28.6. The molecule has 5 rings (SSSR count). The van der Waals surface area contributed by atoms with Crippen molar-refractivity contribution in [3.63, 3.8) is 0 Å². The van der Waals surface area contributed by atoms with E-state index in [4.69, 9.17) is 9.72 Å². The minimum Gasteiger partial charge on any atom is -0.495 e. The highest BCUT2D eigenvalue weighted by Gasteiger charge is 2.24. The minimum absolute atomic E-state index is 0.0683. The van der Waals surface area contributed by atoms with Crippen molar-refractivity contribution in [3.05, 3.63) is 59.3 Å². The Labute approximate surface area is 232 Å². The number of likely N-dealkylation sites (N-methyl/N-ethyl adjacent to an activating group) is 1. The number of carbonyl (C=O) groups excluding carboxylic acids is 1. The molecular formula is C27H32N8O4S. The number of para-hydroxylation sites is 1. The highest BCUT2D eigenvalue weighted by Crippen LogP contribution is 2.35. The highest BCUT2D eigenvalue weighted by atomic mass is 32.2. The molecule has 12 nitrogen and oxygen atoms in total. The molecule has 0 bridgehead atoms. The van der Waals surface area contributed by atoms with Crippen LogP contribution in [-0.2, 0) is 23.0 Å². The number of rotatable bonds is 8. The van der Waals surface area contributed by atoms with Gasteiger partial charge >= 0.3 is 0 Å². The van der Waals surface area contributed by atoms with Crippen molar-refractivity contribution in [2.75, 3.05) is 52.5 Å². The van der Waals surface area contributed by atoms with Gasteiger partial charge in [-0.25, -0.2) is 12.7 Å². The van der Waals surface area contributed by atoms with Gasteiger partial charge in [0.05, 0.1) is 29.4 Å². The normalized spacial score (nSPS) is 13.8. The number of H-pyrrole nitrogens is 1. The summed E-state index contributed by atoms with van der Waals surface area (Å²) in [5.74, 6) is 0.802. The molecule has 4 aromatic rings. The molecule has 0 spiro atoms. The first-order chi connectivity index (χ1) is 19.1. The zero-order valence-corrected chi connectivity index (χ0v) is 23.8. The number of ether oxygens (including phenoxy) is 1. The van der Waals surface area contributed by atoms with E-state index in [1.54, 1.807) is 31.5 Å². The number of hydrogen-bond acceptors (Lipinski definition) is 9. The smallest absolute Gasteiger partial charge is 0.253 e. The number of nitrogens with zero attached hydrogens (tertiary/aromatic N) is 4. The molecule has 4 N–H and O–H groups in total. The first kappa shape index (κ1) is 27.4. The lowest BCUT2D eigenvalue weighted by molar-refractivity contribution is 0.0964. The molecule has 1 amide bonds. The van der Waals surface area contributed by atoms with Crippen molar-refractivity contribution in [1.82, 2.24) is 29.5 Å². The van der Waals surface area contributed by atoms with E-state index < -0.39 is 10.0 Å². The fourth-order valence-electron chi connectivity index (χ4n) is 4.73. The van der Waals surface area contributed by atoms with Gasteiger partial charge < -0.3 is 30.6 Å². The summed E-state index contributed by atoms with van der Waals surface area (Å²) in [6.45, 7) is 1.78. The third kappa shape index (κ3) is 5.06. The summed E-state index contributed by atoms with van der Waals surface area (Å²) in [5, 5.41) is 9.47. The number of aromatic nitrogens is 3. The number of methoxy groups -OCH3 is 1. The summed E-state index contributed by atoms with van der Waals surface area (Å²) in [7, 11) is 4.39. The van der Waals surface area contributed by atoms with Crippen LogP contribution in [0.15, 0.2) is 47.5 Å². The lowest BCUT2D eigenvalue weighted by Gasteiger charge is -2.26. The van der Waals surface area contributed by atoms with Crippen molar-refractivity contribution in [1.29, 1.82) is 0 Å². The van der Waals surface area contributed by atoms with Gasteiger partial charge in [0.15, 0.2) is 0 Å². The van der Waals surface area contributed by atoms with Crippen molar-refractivity contribution < 1.29 is 17.9 Å². The number of aromatic amines is 1. The molecule has 0 saturated heterocycles. The van der Waals surface area contributed by atoms with Gasteiger partial charge in [0.2, 0.25) is 16.0 Å². The molecule has 2 aromatic carbocycles. The third-order valence-corrected chi connectivity index (χ3v) is 8.75. The quantitative estimate of drug-likeness (QED) is 0.254. The number of benzene rings is 2. The fourth-order valence-corrected chi connectivity index (χ4v) is 5.77. The lowest BCUT2D eigenvalue weighted by atomic mass is 9.99. The Kier molecular flexibility index (Phi) is 7.36. The SMILES string of the molecule is CNC(=O)c1c[nH]c2nc(Nc3cc4c(cc3OC)CCN(C)C4)nc(Nc3ccccc3S(=O)(=O)N(C)C)c12. The van der Waals surface area contributed by atoms with E-state index in [1.165, 1.54) is 38.3 Å². The van der Waals surface area contributed by atoms with Crippen LogP contribution < -0.4 is 20.7 Å². The maximum atomic E-state index is 13.1. The van der Waals surface area contributed by atoms with Crippen molar-refractivity contribution in [3.8, 4) is 5.75 Å². The van der Waals surface area contributed by atoms with Crippen LogP contribution in [0, 0.1) is 0 Å². The van der Waals surface area contributed by atoms with Crippen LogP contribution in [0.3, 0.4) is 0 Å². The lowest BCUT2D eigenvalue weighted by Crippen LogP contribution is -2.26. The number of carbonyl (C=O) groups is 1. The molecule has 0 unspecified atom stereocenters. The summed E-state index contributed by atoms with van der Waals surface area (Å²) in [4.78, 5) is 27.4. The molecule has 0 fully saturated rings. The monoisotopic (exact) mass is 564 g/mol. The largest absolute Gasteiger partial charge is 0.495 e. The molecule has 1 aliphatic heterocycles. The predicted molar refractivity (Wildman–Crippen MR) is 154 cm³/mol. The highest BCUT2D eigenvalue weighted by molar-refractivity contribution is 7.89. The number of sulfonamides is 1. The molecule has 0 atom stereocenters. The zero-order valence-electron chi connectivity index (χ0n) is 23.0. The van der Waals surface area contributed by atoms with Gasteiger partial charge in [-0.1, -0.05) is 12.1 Å². The molecule has 3 heterocycles. The van der Waals surface area contributed by atoms with E-state index in [1.807, 2.05) is 12.1 Å². The molecular weight excluding hydrogens is 532 g/mol. The van der Waals surface area contributed by atoms with Crippen LogP contribution in [-0.4, -0.2) is 80.3 Å². The maximum absolute atomic E-state index is 13.1. The molecule has 0 saturated carbocycles. The van der Waals surface area contributed by atoms with Gasteiger partial charge in [0.25, 0.3) is 5.91 Å². The van der Waals surface area contributed by atoms with Gasteiger partial charge in [0, 0.05) is 40.4 Å². The maximum Gasteiger partial charge on any atom is 0.253 e. The number of nitrogens with one attached hydrogen (secondary N) is 4. The Balaban J connectivity index is 1.63. The Morgan fingerprint density at radius 2 is 1.88 bits per heavy atom. The van der Waals surface area contributed by atoms with Gasteiger partial charge in [-0.2, -0.15) is 9.97 Å². The molecule has 2 aromatic heterocycles. The van der Waals surface area contributed by atoms with E-state index in [2.05, 4.69) is 37.9 Å². The van der Waals surface area contributed by atoms with Gasteiger partial charge in [-0.15, -0.1) is 0 Å². The van der Waals surface area contributed by atoms with E-state index in [-0.39, 0.29) is 22.6 Å². The third-order valence-electron chi connectivity index (χ3n) is 6.87. The van der Waals surface area contributed by atoms with Crippen LogP contribution >= 0.6 is 0 Å². The average Bonchev–Trinajstić information content (AvgIpc) is 3.36. The first-order valence-corrected chi connectivity index (χ1v) is 14.1. The minimum atomic E-state index is -3.78. The number of hydrogen-bond donors (Lipinski definition) is 4. The van der Waals surface area contributed by atoms with E-state index in [0.717, 1.165) is 23.8 Å². The van der Waals surface area contributed by atoms with E-state index in [9.17, 15) is 13.2 Å². The van der Waals surface area contributed by atoms with E-state index >= 15 is 0 Å². The molecule has 210 valence electrons. The fraction of sp³-hybridized carbons (Fsp3) is 0.296. The second-order valence-corrected chi connectivity index (χ2v) is 11.9. The van der Waals surface area contributed by atoms with Crippen LogP contribution in [0.5, 0.6) is 5.75 Å². The van der Waals surface area contributed by atoms with E-state index in [0.29, 0.717) is 33.7 Å². The second-order valence-electron chi connectivity index (χ2n) is 9.74. The van der Waals surface area contributed by atoms with Crippen molar-refractivity contribution >= 4 is 50.1 Å². The van der Waals surface area contributed by atoms with Gasteiger partial charge in [0.1, 0.15) is 22.1 Å². The molecule has 13 heteroatoms. The van der Waals surface area contributed by atoms with Crippen LogP contribution in [0.1, 0.15) is 21.5 Å². The summed E-state index contributed by atoms with van der Waals surface area (Å²) in [6.07, 6.45) is 2.48. The average molecular weight is 565 g/mol. The van der Waals surface area contributed by atoms with Gasteiger partial charge in [-0.3, -0.25) is 4.79 Å². The van der Waals surface area contributed by atoms with Crippen LogP contribution in [0.25, 0.3) is 11.0 Å². The van der Waals surface area contributed by atoms with Crippen LogP contribution in [0.4, 0.5) is 23.1 Å². The first-order valence-electron chi connectivity index (χ1n) is 12.7. The topological polar surface area (TPSA) is 145 Å². The number of fused-ring (bicyclic) bond motifs is 2. The molecule has 0 radical (unpaired) electrons. The number of anilines is 4. The molecule has 40 heavy (non-hydrogen) atoms. The summed E-state index contributed by atoms with van der Waals surface area (Å²) < 4.78 is 32.9.